The van der Waals surface area contributed by atoms with E-state index >= 15 is 0 Å². The van der Waals surface area contributed by atoms with Crippen LogP contribution in [0.15, 0.2) is 35.9 Å². The number of ether oxygens (including phenoxy) is 1. The number of rotatable bonds is 4. The standard InChI is InChI=1S/C14H13NO3/c1-10(16)12(9-15)5-3-4-11-6-7-13(17)14(8-11)18-2/h3-8,17H,1-2H3/b4-3+,12-5+. The van der Waals surface area contributed by atoms with Crippen LogP contribution in [-0.4, -0.2) is 18.0 Å². The van der Waals surface area contributed by atoms with E-state index in [4.69, 9.17) is 10.00 Å². The number of aromatic hydroxyl groups is 1. The minimum absolute atomic E-state index is 0.0617. The Labute approximate surface area is 105 Å². The number of hydrogen-bond acceptors (Lipinski definition) is 4. The van der Waals surface area contributed by atoms with Crippen LogP contribution in [0.2, 0.25) is 0 Å². The second kappa shape index (κ2) is 6.26. The lowest BCUT2D eigenvalue weighted by Crippen LogP contribution is -1.91. The van der Waals surface area contributed by atoms with Crippen LogP contribution in [-0.2, 0) is 4.79 Å². The fourth-order valence-electron chi connectivity index (χ4n) is 1.29. The number of benzene rings is 1. The molecule has 0 amide bonds. The maximum atomic E-state index is 11.0. The molecule has 1 rings (SSSR count). The molecule has 0 atom stereocenters. The number of nitrogens with zero attached hydrogens (tertiary/aromatic N) is 1. The molecule has 0 aliphatic rings. The monoisotopic (exact) mass is 243 g/mol. The van der Waals surface area contributed by atoms with E-state index in [1.807, 2.05) is 6.07 Å². The van der Waals surface area contributed by atoms with Gasteiger partial charge in [0.05, 0.1) is 12.7 Å². The lowest BCUT2D eigenvalue weighted by molar-refractivity contribution is -0.113. The molecular weight excluding hydrogens is 230 g/mol. The first-order valence-corrected chi connectivity index (χ1v) is 5.25. The number of carbonyl (C=O) groups is 1. The van der Waals surface area contributed by atoms with E-state index in [0.717, 1.165) is 5.56 Å². The van der Waals surface area contributed by atoms with Crippen LogP contribution in [0.3, 0.4) is 0 Å². The lowest BCUT2D eigenvalue weighted by Gasteiger charge is -2.03. The van der Waals surface area contributed by atoms with Crippen molar-refractivity contribution in [3.05, 3.63) is 41.5 Å². The first-order valence-electron chi connectivity index (χ1n) is 5.25. The van der Waals surface area contributed by atoms with Gasteiger partial charge in [-0.2, -0.15) is 5.26 Å². The highest BCUT2D eigenvalue weighted by Gasteiger charge is 2.01. The van der Waals surface area contributed by atoms with Crippen LogP contribution in [0.1, 0.15) is 12.5 Å². The number of carbonyl (C=O) groups excluding carboxylic acids is 1. The van der Waals surface area contributed by atoms with Crippen molar-refractivity contribution in [2.45, 2.75) is 6.92 Å². The normalized spacial score (nSPS) is 11.3. The molecule has 0 bridgehead atoms. The molecule has 1 N–H and O–H groups in total. The van der Waals surface area contributed by atoms with Crippen molar-refractivity contribution >= 4 is 11.9 Å². The zero-order valence-corrected chi connectivity index (χ0v) is 10.2. The molecule has 0 radical (unpaired) electrons. The molecule has 0 fully saturated rings. The van der Waals surface area contributed by atoms with E-state index in [0.29, 0.717) is 5.75 Å². The largest absolute Gasteiger partial charge is 0.504 e. The van der Waals surface area contributed by atoms with Gasteiger partial charge in [-0.1, -0.05) is 18.2 Å². The van der Waals surface area contributed by atoms with Crippen molar-refractivity contribution in [2.75, 3.05) is 7.11 Å². The second-order valence-electron chi connectivity index (χ2n) is 3.54. The van der Waals surface area contributed by atoms with Crippen LogP contribution < -0.4 is 4.74 Å². The Kier molecular flexibility index (Phi) is 4.70. The zero-order chi connectivity index (χ0) is 13.5. The van der Waals surface area contributed by atoms with Crippen molar-refractivity contribution in [3.63, 3.8) is 0 Å². The molecule has 0 aromatic heterocycles. The van der Waals surface area contributed by atoms with Crippen molar-refractivity contribution in [1.29, 1.82) is 5.26 Å². The molecule has 4 heteroatoms. The van der Waals surface area contributed by atoms with Crippen molar-refractivity contribution < 1.29 is 14.6 Å². The number of nitriles is 1. The first-order chi connectivity index (χ1) is 8.58. The lowest BCUT2D eigenvalue weighted by atomic mass is 10.1. The average Bonchev–Trinajstić information content (AvgIpc) is 2.36. The van der Waals surface area contributed by atoms with Gasteiger partial charge in [-0.25, -0.2) is 0 Å². The maximum Gasteiger partial charge on any atom is 0.170 e. The minimum atomic E-state index is -0.273. The number of allylic oxidation sites excluding steroid dienone is 3. The smallest absolute Gasteiger partial charge is 0.170 e. The Balaban J connectivity index is 2.92. The van der Waals surface area contributed by atoms with E-state index < -0.39 is 0 Å². The van der Waals surface area contributed by atoms with Gasteiger partial charge in [-0.15, -0.1) is 0 Å². The summed E-state index contributed by atoms with van der Waals surface area (Å²) >= 11 is 0. The van der Waals surface area contributed by atoms with Gasteiger partial charge in [0, 0.05) is 0 Å². The molecule has 0 saturated heterocycles. The second-order valence-corrected chi connectivity index (χ2v) is 3.54. The highest BCUT2D eigenvalue weighted by atomic mass is 16.5. The number of phenolic OH excluding ortho intramolecular Hbond substituents is 1. The molecule has 0 aliphatic heterocycles. The fraction of sp³-hybridized carbons (Fsp3) is 0.143. The Hall–Kier alpha value is -2.54. The van der Waals surface area contributed by atoms with Crippen LogP contribution in [0.5, 0.6) is 11.5 Å². The van der Waals surface area contributed by atoms with E-state index in [1.165, 1.54) is 26.2 Å². The molecule has 4 nitrogen and oxygen atoms in total. The number of methoxy groups -OCH3 is 1. The molecule has 92 valence electrons. The molecule has 0 saturated carbocycles. The van der Waals surface area contributed by atoms with Crippen molar-refractivity contribution in [2.24, 2.45) is 0 Å². The third-order valence-electron chi connectivity index (χ3n) is 2.26. The summed E-state index contributed by atoms with van der Waals surface area (Å²) in [5.74, 6) is 0.158. The fourth-order valence-corrected chi connectivity index (χ4v) is 1.29. The van der Waals surface area contributed by atoms with E-state index in [1.54, 1.807) is 24.3 Å². The highest BCUT2D eigenvalue weighted by molar-refractivity contribution is 5.97. The number of ketones is 1. The molecule has 18 heavy (non-hydrogen) atoms. The van der Waals surface area contributed by atoms with Gasteiger partial charge in [-0.05, 0) is 30.7 Å². The molecule has 0 heterocycles. The zero-order valence-electron chi connectivity index (χ0n) is 10.2. The molecular formula is C14H13NO3. The predicted molar refractivity (Wildman–Crippen MR) is 68.1 cm³/mol. The molecule has 0 spiro atoms. The van der Waals surface area contributed by atoms with Gasteiger partial charge in [-0.3, -0.25) is 4.79 Å². The van der Waals surface area contributed by atoms with Gasteiger partial charge >= 0.3 is 0 Å². The van der Waals surface area contributed by atoms with Crippen LogP contribution >= 0.6 is 0 Å². The summed E-state index contributed by atoms with van der Waals surface area (Å²) in [6.07, 6.45) is 4.76. The number of hydrogen-bond donors (Lipinski definition) is 1. The minimum Gasteiger partial charge on any atom is -0.504 e. The highest BCUT2D eigenvalue weighted by Crippen LogP contribution is 2.26. The maximum absolute atomic E-state index is 11.0. The summed E-state index contributed by atoms with van der Waals surface area (Å²) < 4.78 is 4.97. The molecule has 1 aromatic rings. The van der Waals surface area contributed by atoms with Crippen molar-refractivity contribution in [1.82, 2.24) is 0 Å². The summed E-state index contributed by atoms with van der Waals surface area (Å²) in [6.45, 7) is 1.34. The van der Waals surface area contributed by atoms with Gasteiger partial charge < -0.3 is 9.84 Å². The van der Waals surface area contributed by atoms with Crippen LogP contribution in [0.4, 0.5) is 0 Å². The number of Topliss-reactive ketones (excluding diaryl/α,β-unsaturated/α-hetero) is 1. The van der Waals surface area contributed by atoms with Crippen molar-refractivity contribution in [3.8, 4) is 17.6 Å². The third-order valence-corrected chi connectivity index (χ3v) is 2.26. The molecule has 0 unspecified atom stereocenters. The van der Waals surface area contributed by atoms with E-state index in [2.05, 4.69) is 0 Å². The first kappa shape index (κ1) is 13.5. The summed E-state index contributed by atoms with van der Waals surface area (Å²) in [6, 6.07) is 6.68. The van der Waals surface area contributed by atoms with E-state index in [-0.39, 0.29) is 17.1 Å². The average molecular weight is 243 g/mol. The summed E-state index contributed by atoms with van der Waals surface area (Å²) in [5, 5.41) is 18.1. The summed E-state index contributed by atoms with van der Waals surface area (Å²) in [4.78, 5) is 11.0. The molecule has 1 aromatic carbocycles. The SMILES string of the molecule is COc1cc(/C=C/C=C(\C#N)C(C)=O)ccc1O. The Bertz CT molecular complexity index is 551. The Morgan fingerprint density at radius 1 is 1.50 bits per heavy atom. The predicted octanol–water partition coefficient (Wildman–Crippen LogP) is 2.45. The van der Waals surface area contributed by atoms with Gasteiger partial charge in [0.2, 0.25) is 0 Å². The van der Waals surface area contributed by atoms with Gasteiger partial charge in [0.25, 0.3) is 0 Å². The van der Waals surface area contributed by atoms with Gasteiger partial charge in [0.1, 0.15) is 6.07 Å². The van der Waals surface area contributed by atoms with Crippen LogP contribution in [0.25, 0.3) is 6.08 Å². The summed E-state index contributed by atoms with van der Waals surface area (Å²) in [5.41, 5.74) is 0.888. The Morgan fingerprint density at radius 3 is 2.78 bits per heavy atom. The molecule has 0 aliphatic carbocycles. The Morgan fingerprint density at radius 2 is 2.22 bits per heavy atom. The quantitative estimate of drug-likeness (QED) is 0.501. The van der Waals surface area contributed by atoms with Gasteiger partial charge in [0.15, 0.2) is 17.3 Å². The summed E-state index contributed by atoms with van der Waals surface area (Å²) in [7, 11) is 1.46. The third kappa shape index (κ3) is 3.49. The topological polar surface area (TPSA) is 70.3 Å². The number of phenols is 1. The van der Waals surface area contributed by atoms with Crippen LogP contribution in [0, 0.1) is 11.3 Å². The van der Waals surface area contributed by atoms with E-state index in [9.17, 15) is 9.90 Å².